The molecule has 0 aromatic carbocycles. The molecule has 220 valence electrons. The van der Waals surface area contributed by atoms with Gasteiger partial charge in [0.15, 0.2) is 5.78 Å². The SMILES string of the molecule is C=C1C[C@@H]2[C@@]3(C)CCC(=O)C(C)(C)[C@@H]3[C@@H](OC(C)=O)[C@H](OC(C)=O)[C@@]2(C)[C@H]2C(=O)O[C@@](C)(C(=O)OC)C(=O)[C@]12C. The lowest BCUT2D eigenvalue weighted by Gasteiger charge is -2.70. The van der Waals surface area contributed by atoms with E-state index in [1.54, 1.807) is 13.8 Å². The minimum absolute atomic E-state index is 0.00196. The second-order valence-electron chi connectivity index (χ2n) is 13.4. The summed E-state index contributed by atoms with van der Waals surface area (Å²) in [4.78, 5) is 79.5. The number of carbonyl (C=O) groups is 6. The van der Waals surface area contributed by atoms with Crippen LogP contribution in [0.3, 0.4) is 0 Å². The summed E-state index contributed by atoms with van der Waals surface area (Å²) in [7, 11) is 1.10. The normalized spacial score (nSPS) is 43.9. The van der Waals surface area contributed by atoms with E-state index >= 15 is 0 Å². The van der Waals surface area contributed by atoms with Crippen LogP contribution < -0.4 is 0 Å². The van der Waals surface area contributed by atoms with Gasteiger partial charge in [-0.25, -0.2) is 4.79 Å². The first kappa shape index (κ1) is 29.9. The largest absolute Gasteiger partial charge is 0.466 e. The van der Waals surface area contributed by atoms with Crippen LogP contribution >= 0.6 is 0 Å². The van der Waals surface area contributed by atoms with Crippen molar-refractivity contribution in [1.82, 2.24) is 0 Å². The van der Waals surface area contributed by atoms with E-state index in [1.165, 1.54) is 20.8 Å². The van der Waals surface area contributed by atoms with Crippen LogP contribution in [-0.4, -0.2) is 60.4 Å². The number of rotatable bonds is 3. The highest BCUT2D eigenvalue weighted by Gasteiger charge is 2.79. The van der Waals surface area contributed by atoms with Crippen LogP contribution in [0.15, 0.2) is 12.2 Å². The maximum absolute atomic E-state index is 14.2. The molecule has 0 amide bonds. The molecule has 0 unspecified atom stereocenters. The summed E-state index contributed by atoms with van der Waals surface area (Å²) >= 11 is 0. The molecule has 0 aromatic rings. The second kappa shape index (κ2) is 8.98. The molecule has 4 rings (SSSR count). The highest BCUT2D eigenvalue weighted by atomic mass is 16.6. The Morgan fingerprint density at radius 2 is 1.52 bits per heavy atom. The van der Waals surface area contributed by atoms with Crippen molar-refractivity contribution in [1.29, 1.82) is 0 Å². The molecule has 10 heteroatoms. The summed E-state index contributed by atoms with van der Waals surface area (Å²) in [6.45, 7) is 16.9. The second-order valence-corrected chi connectivity index (χ2v) is 13.4. The molecule has 1 saturated heterocycles. The van der Waals surface area contributed by atoms with E-state index in [9.17, 15) is 28.8 Å². The number of methoxy groups -OCH3 is 1. The number of allylic oxidation sites excluding steroid dienone is 1. The molecule has 3 aliphatic carbocycles. The average Bonchev–Trinajstić information content (AvgIpc) is 2.83. The number of ether oxygens (including phenoxy) is 4. The number of cyclic esters (lactones) is 1. The Morgan fingerprint density at radius 3 is 2.05 bits per heavy atom. The van der Waals surface area contributed by atoms with Gasteiger partial charge in [0.05, 0.1) is 18.4 Å². The predicted octanol–water partition coefficient (Wildman–Crippen LogP) is 3.14. The summed E-state index contributed by atoms with van der Waals surface area (Å²) in [6.07, 6.45) is -1.34. The minimum atomic E-state index is -2.20. The smallest absolute Gasteiger partial charge is 0.358 e. The van der Waals surface area contributed by atoms with E-state index in [0.717, 1.165) is 7.11 Å². The standard InChI is InChI=1S/C30H40O10/c1-14-13-17-27(6)12-11-18(33)26(4,5)20(27)19(38-15(2)31)22(39-16(3)32)29(17,8)21-23(34)40-30(9,25(36)37-10)24(35)28(14,21)7/h17,19-22H,1,11-13H2,2-10H3/t17-,19-,20+,21+,22+,27-,28-,29-,30-/m1/s1. The Hall–Kier alpha value is -3.04. The molecular weight excluding hydrogens is 520 g/mol. The fraction of sp³-hybridized carbons (Fsp3) is 0.733. The molecular formula is C30H40O10. The van der Waals surface area contributed by atoms with E-state index in [0.29, 0.717) is 12.0 Å². The average molecular weight is 561 g/mol. The zero-order valence-electron chi connectivity index (χ0n) is 24.8. The fourth-order valence-corrected chi connectivity index (χ4v) is 9.18. The van der Waals surface area contributed by atoms with Crippen LogP contribution in [0.4, 0.5) is 0 Å². The van der Waals surface area contributed by atoms with Gasteiger partial charge < -0.3 is 18.9 Å². The van der Waals surface area contributed by atoms with Gasteiger partial charge in [0.25, 0.3) is 5.60 Å². The first-order chi connectivity index (χ1) is 18.2. The summed E-state index contributed by atoms with van der Waals surface area (Å²) < 4.78 is 22.4. The van der Waals surface area contributed by atoms with Crippen LogP contribution in [0.5, 0.6) is 0 Å². The molecule has 0 aromatic heterocycles. The van der Waals surface area contributed by atoms with Crippen molar-refractivity contribution in [2.45, 2.75) is 92.5 Å². The zero-order valence-corrected chi connectivity index (χ0v) is 24.8. The van der Waals surface area contributed by atoms with E-state index in [2.05, 4.69) is 6.58 Å². The molecule has 1 aliphatic heterocycles. The molecule has 40 heavy (non-hydrogen) atoms. The van der Waals surface area contributed by atoms with Crippen LogP contribution in [0.25, 0.3) is 0 Å². The lowest BCUT2D eigenvalue weighted by molar-refractivity contribution is -0.280. The van der Waals surface area contributed by atoms with Crippen LogP contribution in [0.1, 0.15) is 74.7 Å². The Labute approximate surface area is 234 Å². The molecule has 0 spiro atoms. The third kappa shape index (κ3) is 3.59. The number of ketones is 2. The number of Topliss-reactive ketones (excluding diaryl/α,β-unsaturated/α-hetero) is 2. The Bertz CT molecular complexity index is 1230. The van der Waals surface area contributed by atoms with Gasteiger partial charge in [-0.05, 0) is 38.0 Å². The van der Waals surface area contributed by atoms with Gasteiger partial charge in [0.1, 0.15) is 18.0 Å². The molecule has 4 fully saturated rings. The van der Waals surface area contributed by atoms with Crippen LogP contribution in [0.2, 0.25) is 0 Å². The fourth-order valence-electron chi connectivity index (χ4n) is 9.18. The highest BCUT2D eigenvalue weighted by molar-refractivity contribution is 6.15. The zero-order chi connectivity index (χ0) is 30.4. The molecule has 4 aliphatic rings. The van der Waals surface area contributed by atoms with E-state index in [1.807, 2.05) is 20.8 Å². The number of hydrogen-bond donors (Lipinski definition) is 0. The maximum Gasteiger partial charge on any atom is 0.358 e. The van der Waals surface area contributed by atoms with Gasteiger partial charge in [-0.2, -0.15) is 0 Å². The van der Waals surface area contributed by atoms with Crippen molar-refractivity contribution in [2.75, 3.05) is 7.11 Å². The van der Waals surface area contributed by atoms with Crippen molar-refractivity contribution in [3.05, 3.63) is 12.2 Å². The third-order valence-electron chi connectivity index (χ3n) is 10.9. The van der Waals surface area contributed by atoms with Crippen LogP contribution in [0, 0.1) is 39.4 Å². The summed E-state index contributed by atoms with van der Waals surface area (Å²) in [6, 6.07) is 0. The summed E-state index contributed by atoms with van der Waals surface area (Å²) in [5.41, 5.74) is -6.31. The number of hydrogen-bond acceptors (Lipinski definition) is 10. The van der Waals surface area contributed by atoms with Gasteiger partial charge in [-0.3, -0.25) is 24.0 Å². The van der Waals surface area contributed by atoms with Gasteiger partial charge in [-0.15, -0.1) is 0 Å². The number of fused-ring (bicyclic) bond motifs is 5. The van der Waals surface area contributed by atoms with Crippen molar-refractivity contribution >= 4 is 35.4 Å². The third-order valence-corrected chi connectivity index (χ3v) is 10.9. The molecule has 0 radical (unpaired) electrons. The molecule has 10 nitrogen and oxygen atoms in total. The molecule has 1 heterocycles. The molecule has 9 atom stereocenters. The lowest BCUT2D eigenvalue weighted by atomic mass is 9.34. The maximum atomic E-state index is 14.2. The van der Waals surface area contributed by atoms with Crippen molar-refractivity contribution in [3.8, 4) is 0 Å². The van der Waals surface area contributed by atoms with E-state index in [4.69, 9.17) is 18.9 Å². The van der Waals surface area contributed by atoms with Crippen molar-refractivity contribution in [3.63, 3.8) is 0 Å². The van der Waals surface area contributed by atoms with Crippen molar-refractivity contribution < 1.29 is 47.7 Å². The molecule has 0 bridgehead atoms. The van der Waals surface area contributed by atoms with Gasteiger partial charge in [0, 0.05) is 37.0 Å². The Morgan fingerprint density at radius 1 is 0.950 bits per heavy atom. The summed E-state index contributed by atoms with van der Waals surface area (Å²) in [5, 5.41) is 0. The van der Waals surface area contributed by atoms with Gasteiger partial charge >= 0.3 is 23.9 Å². The first-order valence-electron chi connectivity index (χ1n) is 13.7. The highest BCUT2D eigenvalue weighted by Crippen LogP contribution is 2.73. The number of esters is 4. The van der Waals surface area contributed by atoms with Gasteiger partial charge in [0.2, 0.25) is 0 Å². The monoisotopic (exact) mass is 560 g/mol. The molecule has 0 N–H and O–H groups in total. The van der Waals surface area contributed by atoms with Crippen molar-refractivity contribution in [2.24, 2.45) is 39.4 Å². The van der Waals surface area contributed by atoms with Crippen LogP contribution in [-0.2, 0) is 47.7 Å². The first-order valence-corrected chi connectivity index (χ1v) is 13.7. The quantitative estimate of drug-likeness (QED) is 0.219. The Balaban J connectivity index is 2.04. The topological polar surface area (TPSA) is 139 Å². The summed E-state index contributed by atoms with van der Waals surface area (Å²) in [5.74, 6) is -6.08. The predicted molar refractivity (Wildman–Crippen MR) is 139 cm³/mol. The van der Waals surface area contributed by atoms with E-state index < -0.39 is 86.9 Å². The number of carbonyl (C=O) groups excluding carboxylic acids is 6. The lowest BCUT2D eigenvalue weighted by Crippen LogP contribution is -2.77. The minimum Gasteiger partial charge on any atom is -0.466 e. The Kier molecular flexibility index (Phi) is 6.72. The van der Waals surface area contributed by atoms with Gasteiger partial charge in [-0.1, -0.05) is 39.8 Å². The molecule has 3 saturated carbocycles. The van der Waals surface area contributed by atoms with E-state index in [-0.39, 0.29) is 18.6 Å².